The fourth-order valence-electron chi connectivity index (χ4n) is 5.97. The lowest BCUT2D eigenvalue weighted by Gasteiger charge is -2.36. The number of carbonyl (C=O) groups is 2. The summed E-state index contributed by atoms with van der Waals surface area (Å²) >= 11 is 0. The molecule has 6 rings (SSSR count). The summed E-state index contributed by atoms with van der Waals surface area (Å²) < 4.78 is 5.75. The summed E-state index contributed by atoms with van der Waals surface area (Å²) in [6.07, 6.45) is 0.440. The number of ether oxygens (including phenoxy) is 1. The summed E-state index contributed by atoms with van der Waals surface area (Å²) in [5, 5.41) is 11.3. The van der Waals surface area contributed by atoms with Gasteiger partial charge < -0.3 is 19.7 Å². The summed E-state index contributed by atoms with van der Waals surface area (Å²) in [6, 6.07) is 11.5. The Morgan fingerprint density at radius 1 is 1.05 bits per heavy atom. The van der Waals surface area contributed by atoms with E-state index in [0.717, 1.165) is 59.7 Å². The summed E-state index contributed by atoms with van der Waals surface area (Å²) in [5.74, 6) is 0.752. The molecule has 37 heavy (non-hydrogen) atoms. The van der Waals surface area contributed by atoms with Crippen molar-refractivity contribution >= 4 is 22.8 Å². The van der Waals surface area contributed by atoms with Gasteiger partial charge in [0.25, 0.3) is 5.91 Å². The van der Waals surface area contributed by atoms with Crippen molar-refractivity contribution in [2.24, 2.45) is 0 Å². The van der Waals surface area contributed by atoms with Gasteiger partial charge in [-0.15, -0.1) is 0 Å². The van der Waals surface area contributed by atoms with Crippen LogP contribution in [0.3, 0.4) is 0 Å². The molecule has 2 fully saturated rings. The predicted molar refractivity (Wildman–Crippen MR) is 140 cm³/mol. The number of hydrogen-bond donors (Lipinski definition) is 2. The Bertz CT molecular complexity index is 1350. The minimum absolute atomic E-state index is 0.126. The lowest BCUT2D eigenvalue weighted by molar-refractivity contribution is -0.128. The van der Waals surface area contributed by atoms with Gasteiger partial charge in [-0.25, -0.2) is 4.79 Å². The number of fused-ring (bicyclic) bond motifs is 4. The molecule has 2 unspecified atom stereocenters. The van der Waals surface area contributed by atoms with Crippen LogP contribution in [0.2, 0.25) is 0 Å². The summed E-state index contributed by atoms with van der Waals surface area (Å²) in [6.45, 7) is 7.42. The van der Waals surface area contributed by atoms with E-state index in [0.29, 0.717) is 26.1 Å². The minimum Gasteiger partial charge on any atom is -0.508 e. The van der Waals surface area contributed by atoms with Gasteiger partial charge in [0.2, 0.25) is 0 Å². The Balaban J connectivity index is 1.37. The first-order valence-corrected chi connectivity index (χ1v) is 13.1. The number of amides is 3. The number of hydrogen-bond acceptors (Lipinski definition) is 6. The molecule has 0 aliphatic carbocycles. The van der Waals surface area contributed by atoms with E-state index < -0.39 is 12.1 Å². The first kappa shape index (κ1) is 23.8. The molecule has 1 aromatic heterocycles. The third kappa shape index (κ3) is 4.12. The predicted octanol–water partition coefficient (Wildman–Crippen LogP) is 2.80. The lowest BCUT2D eigenvalue weighted by Crippen LogP contribution is -2.47. The number of imide groups is 1. The molecule has 2 saturated heterocycles. The van der Waals surface area contributed by atoms with Crippen molar-refractivity contribution in [3.05, 3.63) is 59.3 Å². The molecule has 4 heterocycles. The number of carbonyl (C=O) groups excluding carboxylic acids is 2. The van der Waals surface area contributed by atoms with Crippen molar-refractivity contribution in [2.45, 2.75) is 25.4 Å². The van der Waals surface area contributed by atoms with Gasteiger partial charge in [0.05, 0.1) is 6.61 Å². The van der Waals surface area contributed by atoms with Gasteiger partial charge in [0, 0.05) is 62.3 Å². The topological polar surface area (TPSA) is 92.4 Å². The second-order valence-electron chi connectivity index (χ2n) is 10.2. The molecule has 9 heteroatoms. The Kier molecular flexibility index (Phi) is 6.04. The number of phenols is 1. The van der Waals surface area contributed by atoms with Gasteiger partial charge in [0.15, 0.2) is 0 Å². The number of aromatic hydroxyl groups is 1. The maximum absolute atomic E-state index is 13.8. The SMILES string of the molecule is CCOc1ccc2[nH]c3c(c2c1)CC1C(=O)N(CCN2CCN(C)CC2)C(=O)N1C3c1cccc(O)c1. The molecule has 0 saturated carbocycles. The zero-order chi connectivity index (χ0) is 25.7. The van der Waals surface area contributed by atoms with E-state index in [1.54, 1.807) is 23.1 Å². The van der Waals surface area contributed by atoms with Crippen LogP contribution in [0.5, 0.6) is 11.5 Å². The maximum atomic E-state index is 13.8. The van der Waals surface area contributed by atoms with Crippen LogP contribution in [0.25, 0.3) is 10.9 Å². The number of phenolic OH excluding ortho intramolecular Hbond substituents is 1. The number of aromatic nitrogens is 1. The number of piperazine rings is 1. The molecule has 3 aliphatic rings. The van der Waals surface area contributed by atoms with E-state index in [9.17, 15) is 14.7 Å². The Morgan fingerprint density at radius 3 is 2.62 bits per heavy atom. The number of urea groups is 1. The Labute approximate surface area is 216 Å². The average molecular weight is 504 g/mol. The first-order chi connectivity index (χ1) is 17.9. The van der Waals surface area contributed by atoms with Crippen molar-refractivity contribution < 1.29 is 19.4 Å². The average Bonchev–Trinajstić information content (AvgIpc) is 3.37. The zero-order valence-corrected chi connectivity index (χ0v) is 21.3. The molecule has 3 aliphatic heterocycles. The largest absolute Gasteiger partial charge is 0.508 e. The monoisotopic (exact) mass is 503 g/mol. The van der Waals surface area contributed by atoms with E-state index in [-0.39, 0.29) is 17.7 Å². The quantitative estimate of drug-likeness (QED) is 0.503. The van der Waals surface area contributed by atoms with Crippen LogP contribution in [0.15, 0.2) is 42.5 Å². The molecule has 2 N–H and O–H groups in total. The maximum Gasteiger partial charge on any atom is 0.328 e. The van der Waals surface area contributed by atoms with Crippen LogP contribution in [0.1, 0.15) is 29.8 Å². The molecular formula is C28H33N5O4. The third-order valence-corrected chi connectivity index (χ3v) is 7.93. The molecule has 2 atom stereocenters. The van der Waals surface area contributed by atoms with Gasteiger partial charge in [-0.1, -0.05) is 12.1 Å². The van der Waals surface area contributed by atoms with Crippen LogP contribution in [0.4, 0.5) is 4.79 Å². The highest BCUT2D eigenvalue weighted by atomic mass is 16.5. The van der Waals surface area contributed by atoms with Crippen LogP contribution in [-0.2, 0) is 11.2 Å². The van der Waals surface area contributed by atoms with Crippen molar-refractivity contribution in [2.75, 3.05) is 52.9 Å². The highest BCUT2D eigenvalue weighted by molar-refractivity contribution is 6.05. The number of aromatic amines is 1. The van der Waals surface area contributed by atoms with Crippen LogP contribution < -0.4 is 4.74 Å². The van der Waals surface area contributed by atoms with Gasteiger partial charge in [-0.2, -0.15) is 0 Å². The second-order valence-corrected chi connectivity index (χ2v) is 10.2. The van der Waals surface area contributed by atoms with Crippen LogP contribution in [0, 0.1) is 0 Å². The molecule has 0 bridgehead atoms. The molecular weight excluding hydrogens is 470 g/mol. The number of benzene rings is 2. The normalized spacial score (nSPS) is 22.5. The lowest BCUT2D eigenvalue weighted by atomic mass is 9.89. The van der Waals surface area contributed by atoms with Gasteiger partial charge in [-0.05, 0) is 55.4 Å². The Hall–Kier alpha value is -3.56. The van der Waals surface area contributed by atoms with E-state index in [4.69, 9.17) is 4.74 Å². The van der Waals surface area contributed by atoms with E-state index in [1.807, 2.05) is 31.2 Å². The Morgan fingerprint density at radius 2 is 1.86 bits per heavy atom. The molecule has 194 valence electrons. The van der Waals surface area contributed by atoms with Gasteiger partial charge in [0.1, 0.15) is 23.6 Å². The molecule has 0 spiro atoms. The van der Waals surface area contributed by atoms with E-state index in [2.05, 4.69) is 21.8 Å². The number of H-pyrrole nitrogens is 1. The summed E-state index contributed by atoms with van der Waals surface area (Å²) in [7, 11) is 2.11. The van der Waals surface area contributed by atoms with Crippen LogP contribution >= 0.6 is 0 Å². The summed E-state index contributed by atoms with van der Waals surface area (Å²) in [4.78, 5) is 38.8. The number of nitrogens with one attached hydrogen (secondary N) is 1. The molecule has 2 aromatic carbocycles. The molecule has 3 amide bonds. The van der Waals surface area contributed by atoms with Crippen molar-refractivity contribution in [1.82, 2.24) is 24.6 Å². The zero-order valence-electron chi connectivity index (χ0n) is 21.3. The van der Waals surface area contributed by atoms with Crippen LogP contribution in [-0.4, -0.2) is 101 Å². The van der Waals surface area contributed by atoms with Crippen molar-refractivity contribution in [1.29, 1.82) is 0 Å². The fraction of sp³-hybridized carbons (Fsp3) is 0.429. The minimum atomic E-state index is -0.588. The van der Waals surface area contributed by atoms with Gasteiger partial charge in [-0.3, -0.25) is 19.5 Å². The summed E-state index contributed by atoms with van der Waals surface area (Å²) in [5.41, 5.74) is 3.61. The number of likely N-dealkylation sites (N-methyl/N-ethyl adjacent to an activating group) is 1. The fourth-order valence-corrected chi connectivity index (χ4v) is 5.97. The molecule has 3 aromatic rings. The highest BCUT2D eigenvalue weighted by Gasteiger charge is 2.52. The third-order valence-electron chi connectivity index (χ3n) is 7.93. The molecule has 9 nitrogen and oxygen atoms in total. The highest BCUT2D eigenvalue weighted by Crippen LogP contribution is 2.45. The number of nitrogens with zero attached hydrogens (tertiary/aromatic N) is 4. The smallest absolute Gasteiger partial charge is 0.328 e. The van der Waals surface area contributed by atoms with E-state index in [1.165, 1.54) is 4.90 Å². The first-order valence-electron chi connectivity index (χ1n) is 13.1. The second kappa shape index (κ2) is 9.39. The van der Waals surface area contributed by atoms with Crippen molar-refractivity contribution in [3.8, 4) is 11.5 Å². The number of rotatable bonds is 6. The van der Waals surface area contributed by atoms with Gasteiger partial charge >= 0.3 is 6.03 Å². The van der Waals surface area contributed by atoms with Crippen molar-refractivity contribution in [3.63, 3.8) is 0 Å². The molecule has 0 radical (unpaired) electrons. The standard InChI is InChI=1S/C28H33N5O4/c1-3-37-20-7-8-23-21(16-20)22-17-24-27(35)32(14-13-31-11-9-30(2)10-12-31)28(36)33(24)26(25(22)29-23)18-5-4-6-19(34)15-18/h4-8,15-16,24,26,29,34H,3,9-14,17H2,1-2H3. The van der Waals surface area contributed by atoms with E-state index >= 15 is 0 Å².